The van der Waals surface area contributed by atoms with Crippen molar-refractivity contribution in [2.24, 2.45) is 0 Å². The lowest BCUT2D eigenvalue weighted by Crippen LogP contribution is -2.54. The van der Waals surface area contributed by atoms with Gasteiger partial charge in [0, 0.05) is 15.9 Å². The number of anilines is 1. The Morgan fingerprint density at radius 3 is 2.30 bits per heavy atom. The van der Waals surface area contributed by atoms with Crippen LogP contribution in [0.5, 0.6) is 0 Å². The molecule has 0 saturated carbocycles. The van der Waals surface area contributed by atoms with Gasteiger partial charge in [-0.25, -0.2) is 4.39 Å². The van der Waals surface area contributed by atoms with Gasteiger partial charge in [-0.1, -0.05) is 22.0 Å². The molecule has 2 aromatic carbocycles. The van der Waals surface area contributed by atoms with E-state index in [4.69, 9.17) is 12.2 Å². The summed E-state index contributed by atoms with van der Waals surface area (Å²) >= 11 is 8.58. The monoisotopic (exact) mass is 525 g/mol. The average molecular weight is 526 g/mol. The minimum absolute atomic E-state index is 0.0366. The Bertz CT molecular complexity index is 1360. The van der Waals surface area contributed by atoms with Crippen molar-refractivity contribution in [2.45, 2.75) is 27.7 Å². The highest BCUT2D eigenvalue weighted by molar-refractivity contribution is 9.10. The molecule has 168 valence electrons. The summed E-state index contributed by atoms with van der Waals surface area (Å²) in [6.07, 6.45) is 1.53. The molecule has 0 radical (unpaired) electrons. The largest absolute Gasteiger partial charge is 0.315 e. The van der Waals surface area contributed by atoms with Crippen LogP contribution in [0.2, 0.25) is 0 Å². The number of carbonyl (C=O) groups is 2. The SMILES string of the molecule is Cc1cc(C)cc(N2C(=O)/C(=C/c3cc(C)n(-c4ccc(Br)cc4F)c3C)C(=O)NC2=S)c1. The van der Waals surface area contributed by atoms with Crippen molar-refractivity contribution in [3.8, 4) is 5.69 Å². The summed E-state index contributed by atoms with van der Waals surface area (Å²) in [4.78, 5) is 27.4. The maximum absolute atomic E-state index is 14.6. The van der Waals surface area contributed by atoms with Crippen LogP contribution < -0.4 is 10.2 Å². The number of thiocarbonyl (C=S) groups is 1. The van der Waals surface area contributed by atoms with Gasteiger partial charge in [0.15, 0.2) is 5.11 Å². The third-order valence-corrected chi connectivity index (χ3v) is 6.26. The molecule has 3 aromatic rings. The molecule has 1 aromatic heterocycles. The summed E-state index contributed by atoms with van der Waals surface area (Å²) in [7, 11) is 0. The van der Waals surface area contributed by atoms with E-state index in [2.05, 4.69) is 21.2 Å². The number of carbonyl (C=O) groups excluding carboxylic acids is 2. The Labute approximate surface area is 205 Å². The van der Waals surface area contributed by atoms with Crippen molar-refractivity contribution in [1.29, 1.82) is 0 Å². The van der Waals surface area contributed by atoms with Crippen LogP contribution in [0, 0.1) is 33.5 Å². The number of nitrogens with one attached hydrogen (secondary N) is 1. The predicted octanol–water partition coefficient (Wildman–Crippen LogP) is 5.44. The van der Waals surface area contributed by atoms with Crippen LogP contribution in [0.25, 0.3) is 11.8 Å². The molecular formula is C25H21BrFN3O2S. The molecule has 1 saturated heterocycles. The van der Waals surface area contributed by atoms with E-state index in [1.165, 1.54) is 17.0 Å². The zero-order chi connectivity index (χ0) is 24.0. The highest BCUT2D eigenvalue weighted by Gasteiger charge is 2.35. The molecule has 1 aliphatic rings. The summed E-state index contributed by atoms with van der Waals surface area (Å²) in [5.74, 6) is -1.46. The fraction of sp³-hybridized carbons (Fsp3) is 0.160. The van der Waals surface area contributed by atoms with Gasteiger partial charge in [0.05, 0.1) is 11.4 Å². The van der Waals surface area contributed by atoms with E-state index >= 15 is 0 Å². The second-order valence-corrected chi connectivity index (χ2v) is 9.36. The average Bonchev–Trinajstić information content (AvgIpc) is 2.98. The van der Waals surface area contributed by atoms with Gasteiger partial charge in [-0.15, -0.1) is 0 Å². The minimum Gasteiger partial charge on any atom is -0.315 e. The van der Waals surface area contributed by atoms with Crippen LogP contribution in [0.1, 0.15) is 28.1 Å². The van der Waals surface area contributed by atoms with Crippen molar-refractivity contribution < 1.29 is 14.0 Å². The molecule has 0 aliphatic carbocycles. The fourth-order valence-electron chi connectivity index (χ4n) is 4.09. The predicted molar refractivity (Wildman–Crippen MR) is 135 cm³/mol. The van der Waals surface area contributed by atoms with E-state index in [-0.39, 0.29) is 16.5 Å². The maximum atomic E-state index is 14.6. The van der Waals surface area contributed by atoms with Crippen molar-refractivity contribution in [3.05, 3.63) is 86.4 Å². The Morgan fingerprint density at radius 1 is 1.00 bits per heavy atom. The highest BCUT2D eigenvalue weighted by Crippen LogP contribution is 2.28. The van der Waals surface area contributed by atoms with E-state index in [9.17, 15) is 14.0 Å². The Balaban J connectivity index is 1.79. The Morgan fingerprint density at radius 2 is 1.67 bits per heavy atom. The second kappa shape index (κ2) is 8.68. The third-order valence-electron chi connectivity index (χ3n) is 5.49. The first-order valence-corrected chi connectivity index (χ1v) is 11.4. The lowest BCUT2D eigenvalue weighted by Gasteiger charge is -2.29. The second-order valence-electron chi connectivity index (χ2n) is 8.06. The van der Waals surface area contributed by atoms with E-state index < -0.39 is 11.8 Å². The van der Waals surface area contributed by atoms with Gasteiger partial charge in [0.25, 0.3) is 11.8 Å². The minimum atomic E-state index is -0.565. The van der Waals surface area contributed by atoms with E-state index in [1.54, 1.807) is 16.7 Å². The van der Waals surface area contributed by atoms with Gasteiger partial charge < -0.3 is 4.57 Å². The lowest BCUT2D eigenvalue weighted by molar-refractivity contribution is -0.122. The van der Waals surface area contributed by atoms with Crippen LogP contribution in [0.4, 0.5) is 10.1 Å². The number of halogens is 2. The van der Waals surface area contributed by atoms with Crippen LogP contribution in [-0.4, -0.2) is 21.5 Å². The molecule has 0 spiro atoms. The van der Waals surface area contributed by atoms with Crippen molar-refractivity contribution in [1.82, 2.24) is 9.88 Å². The smallest absolute Gasteiger partial charge is 0.270 e. The molecule has 4 rings (SSSR count). The molecule has 1 aliphatic heterocycles. The summed E-state index contributed by atoms with van der Waals surface area (Å²) < 4.78 is 17.0. The van der Waals surface area contributed by atoms with Crippen LogP contribution in [0.15, 0.2) is 52.5 Å². The molecule has 2 amide bonds. The summed E-state index contributed by atoms with van der Waals surface area (Å²) in [6.45, 7) is 7.52. The molecular weight excluding hydrogens is 505 g/mol. The van der Waals surface area contributed by atoms with Crippen LogP contribution >= 0.6 is 28.1 Å². The first-order valence-electron chi connectivity index (χ1n) is 10.2. The third kappa shape index (κ3) is 4.28. The zero-order valence-corrected chi connectivity index (χ0v) is 20.9. The quantitative estimate of drug-likeness (QED) is 0.281. The molecule has 0 bridgehead atoms. The van der Waals surface area contributed by atoms with Crippen LogP contribution in [-0.2, 0) is 9.59 Å². The first-order chi connectivity index (χ1) is 15.6. The van der Waals surface area contributed by atoms with Gasteiger partial charge in [0.1, 0.15) is 11.4 Å². The normalized spacial score (nSPS) is 15.4. The molecule has 5 nitrogen and oxygen atoms in total. The van der Waals surface area contributed by atoms with Crippen LogP contribution in [0.3, 0.4) is 0 Å². The Kier molecular flexibility index (Phi) is 6.07. The first kappa shape index (κ1) is 23.1. The van der Waals surface area contributed by atoms with Crippen molar-refractivity contribution >= 4 is 56.8 Å². The number of nitrogens with zero attached hydrogens (tertiary/aromatic N) is 2. The molecule has 33 heavy (non-hydrogen) atoms. The summed E-state index contributed by atoms with van der Waals surface area (Å²) in [5, 5.41) is 2.65. The molecule has 1 fully saturated rings. The maximum Gasteiger partial charge on any atom is 0.270 e. The number of amides is 2. The number of hydrogen-bond acceptors (Lipinski definition) is 3. The van der Waals surface area contributed by atoms with Crippen molar-refractivity contribution in [3.63, 3.8) is 0 Å². The van der Waals surface area contributed by atoms with E-state index in [0.717, 1.165) is 16.8 Å². The zero-order valence-electron chi connectivity index (χ0n) is 18.5. The topological polar surface area (TPSA) is 54.3 Å². The van der Waals surface area contributed by atoms with Crippen molar-refractivity contribution in [2.75, 3.05) is 4.90 Å². The number of rotatable bonds is 3. The highest BCUT2D eigenvalue weighted by atomic mass is 79.9. The van der Waals surface area contributed by atoms with E-state index in [1.807, 2.05) is 52.0 Å². The fourth-order valence-corrected chi connectivity index (χ4v) is 4.71. The summed E-state index contributed by atoms with van der Waals surface area (Å²) in [6, 6.07) is 12.3. The molecule has 0 atom stereocenters. The van der Waals surface area contributed by atoms with E-state index in [0.29, 0.717) is 27.1 Å². The van der Waals surface area contributed by atoms with Gasteiger partial charge in [-0.05, 0) is 99.1 Å². The number of aromatic nitrogens is 1. The van der Waals surface area contributed by atoms with Gasteiger partial charge in [-0.3, -0.25) is 19.8 Å². The molecule has 8 heteroatoms. The molecule has 1 N–H and O–H groups in total. The van der Waals surface area contributed by atoms with Gasteiger partial charge in [-0.2, -0.15) is 0 Å². The summed E-state index contributed by atoms with van der Waals surface area (Å²) in [5.41, 5.74) is 5.00. The molecule has 0 unspecified atom stereocenters. The lowest BCUT2D eigenvalue weighted by atomic mass is 10.1. The number of benzene rings is 2. The number of hydrogen-bond donors (Lipinski definition) is 1. The van der Waals surface area contributed by atoms with Gasteiger partial charge in [0.2, 0.25) is 0 Å². The molecule has 2 heterocycles. The Hall–Kier alpha value is -3.10. The number of aryl methyl sites for hydroxylation is 3. The standard InChI is InChI=1S/C25H21BrFN3O2S/c1-13-7-14(2)9-19(8-13)30-24(32)20(23(31)28-25(30)33)11-17-10-15(3)29(16(17)4)22-6-5-18(26)12-21(22)27/h5-12H,1-4H3,(H,28,31,33)/b20-11+. The van der Waals surface area contributed by atoms with Gasteiger partial charge >= 0.3 is 0 Å².